The first-order chi connectivity index (χ1) is 7.68. The van der Waals surface area contributed by atoms with Crippen molar-refractivity contribution in [2.75, 3.05) is 0 Å². The summed E-state index contributed by atoms with van der Waals surface area (Å²) < 4.78 is 0. The molecule has 0 aliphatic heterocycles. The monoisotopic (exact) mass is 259 g/mol. The number of hydrogen-bond donors (Lipinski definition) is 3. The van der Waals surface area contributed by atoms with E-state index in [2.05, 4.69) is 5.32 Å². The molecule has 0 aromatic carbocycles. The van der Waals surface area contributed by atoms with Gasteiger partial charge in [-0.05, 0) is 11.8 Å². The molecule has 0 saturated heterocycles. The van der Waals surface area contributed by atoms with E-state index in [0.717, 1.165) is 0 Å². The highest BCUT2D eigenvalue weighted by Gasteiger charge is 2.29. The van der Waals surface area contributed by atoms with Gasteiger partial charge in [-0.25, -0.2) is 0 Å². The molecule has 0 radical (unpaired) electrons. The van der Waals surface area contributed by atoms with Crippen molar-refractivity contribution in [1.82, 2.24) is 5.32 Å². The van der Waals surface area contributed by atoms with E-state index in [1.165, 1.54) is 0 Å². The molecule has 0 aliphatic carbocycles. The van der Waals surface area contributed by atoms with Crippen LogP contribution in [0, 0.1) is 17.8 Å². The van der Waals surface area contributed by atoms with E-state index in [-0.39, 0.29) is 22.7 Å². The highest BCUT2D eigenvalue weighted by Crippen LogP contribution is 2.13. The van der Waals surface area contributed by atoms with Crippen molar-refractivity contribution < 1.29 is 9.59 Å². The van der Waals surface area contributed by atoms with Crippen molar-refractivity contribution >= 4 is 29.0 Å². The number of nitrogens with two attached hydrogens (primary N) is 2. The summed E-state index contributed by atoms with van der Waals surface area (Å²) >= 11 is 4.85. The van der Waals surface area contributed by atoms with E-state index >= 15 is 0 Å². The number of hydrogen-bond acceptors (Lipinski definition) is 3. The van der Waals surface area contributed by atoms with Crippen molar-refractivity contribution in [3.63, 3.8) is 0 Å². The Morgan fingerprint density at radius 2 is 1.53 bits per heavy atom. The minimum Gasteiger partial charge on any atom is -0.393 e. The Kier molecular flexibility index (Phi) is 6.09. The number of rotatable bonds is 6. The Morgan fingerprint density at radius 1 is 1.06 bits per heavy atom. The fourth-order valence-corrected chi connectivity index (χ4v) is 1.95. The van der Waals surface area contributed by atoms with Gasteiger partial charge in [0.05, 0.1) is 10.9 Å². The third kappa shape index (κ3) is 4.68. The van der Waals surface area contributed by atoms with Crippen LogP contribution in [0.15, 0.2) is 0 Å². The Labute approximate surface area is 107 Å². The van der Waals surface area contributed by atoms with Crippen LogP contribution in [0.3, 0.4) is 0 Å². The van der Waals surface area contributed by atoms with Crippen LogP contribution in [0.4, 0.5) is 0 Å². The molecule has 98 valence electrons. The average Bonchev–Trinajstić information content (AvgIpc) is 2.11. The van der Waals surface area contributed by atoms with Gasteiger partial charge in [-0.3, -0.25) is 9.59 Å². The number of carbonyl (C=O) groups excluding carboxylic acids is 2. The molecule has 5 nitrogen and oxygen atoms in total. The van der Waals surface area contributed by atoms with Gasteiger partial charge in [0.25, 0.3) is 0 Å². The van der Waals surface area contributed by atoms with Gasteiger partial charge in [0.1, 0.15) is 6.04 Å². The summed E-state index contributed by atoms with van der Waals surface area (Å²) in [5, 5.41) is 2.60. The van der Waals surface area contributed by atoms with Crippen molar-refractivity contribution in [1.29, 1.82) is 0 Å². The van der Waals surface area contributed by atoms with Crippen LogP contribution < -0.4 is 16.8 Å². The summed E-state index contributed by atoms with van der Waals surface area (Å²) in [5.41, 5.74) is 10.7. The second kappa shape index (κ2) is 6.54. The Morgan fingerprint density at radius 3 is 1.76 bits per heavy atom. The highest BCUT2D eigenvalue weighted by atomic mass is 32.1. The maximum atomic E-state index is 12.0. The summed E-state index contributed by atoms with van der Waals surface area (Å²) in [4.78, 5) is 23.3. The van der Waals surface area contributed by atoms with Gasteiger partial charge in [0.15, 0.2) is 0 Å². The van der Waals surface area contributed by atoms with Crippen LogP contribution in [0.5, 0.6) is 0 Å². The average molecular weight is 259 g/mol. The first-order valence-corrected chi connectivity index (χ1v) is 5.98. The van der Waals surface area contributed by atoms with E-state index in [9.17, 15) is 9.59 Å². The summed E-state index contributed by atoms with van der Waals surface area (Å²) in [5.74, 6) is -1.57. The number of carbonyl (C=O) groups is 2. The molecule has 2 amide bonds. The van der Waals surface area contributed by atoms with E-state index < -0.39 is 17.9 Å². The number of amides is 2. The van der Waals surface area contributed by atoms with Crippen LogP contribution in [0.2, 0.25) is 0 Å². The zero-order chi connectivity index (χ0) is 13.7. The molecule has 0 bridgehead atoms. The second-order valence-electron chi connectivity index (χ2n) is 4.76. The van der Waals surface area contributed by atoms with Gasteiger partial charge < -0.3 is 16.8 Å². The lowest BCUT2D eigenvalue weighted by Crippen LogP contribution is -2.52. The van der Waals surface area contributed by atoms with Gasteiger partial charge in [0, 0.05) is 0 Å². The zero-order valence-electron chi connectivity index (χ0n) is 10.7. The van der Waals surface area contributed by atoms with E-state index in [1.807, 2.05) is 13.8 Å². The number of nitrogens with one attached hydrogen (secondary N) is 1. The molecular weight excluding hydrogens is 238 g/mol. The van der Waals surface area contributed by atoms with Gasteiger partial charge in [-0.1, -0.05) is 39.9 Å². The normalized spacial score (nSPS) is 14.5. The topological polar surface area (TPSA) is 98.2 Å². The van der Waals surface area contributed by atoms with Crippen LogP contribution in [-0.4, -0.2) is 22.8 Å². The van der Waals surface area contributed by atoms with Crippen LogP contribution in [-0.2, 0) is 9.59 Å². The van der Waals surface area contributed by atoms with Gasteiger partial charge in [-0.2, -0.15) is 0 Å². The molecule has 5 N–H and O–H groups in total. The number of primary amides is 1. The Balaban J connectivity index is 4.81. The van der Waals surface area contributed by atoms with Crippen molar-refractivity contribution in [2.45, 2.75) is 33.7 Å². The minimum absolute atomic E-state index is 0.0202. The molecule has 0 saturated carbocycles. The maximum Gasteiger partial charge on any atom is 0.240 e. The number of thiocarbonyl (C=S) groups is 1. The van der Waals surface area contributed by atoms with Crippen molar-refractivity contribution in [2.24, 2.45) is 29.2 Å². The predicted octanol–water partition coefficient (Wildman–Crippen LogP) is 0.171. The first kappa shape index (κ1) is 15.8. The quantitative estimate of drug-likeness (QED) is 0.592. The second-order valence-corrected chi connectivity index (χ2v) is 5.23. The fraction of sp³-hybridized carbons (Fsp3) is 0.727. The maximum absolute atomic E-state index is 12.0. The lowest BCUT2D eigenvalue weighted by molar-refractivity contribution is -0.130. The first-order valence-electron chi connectivity index (χ1n) is 5.57. The smallest absolute Gasteiger partial charge is 0.240 e. The van der Waals surface area contributed by atoms with Crippen LogP contribution in [0.25, 0.3) is 0 Å². The zero-order valence-corrected chi connectivity index (χ0v) is 11.5. The summed E-state index contributed by atoms with van der Waals surface area (Å²) in [6.45, 7) is 7.30. The standard InChI is InChI=1S/C11H21N3O2S/c1-5(2)7(10(13)17)11(16)14-8(6(3)4)9(12)15/h5-8H,1-4H3,(H2,12,15)(H2,13,17)(H,14,16). The van der Waals surface area contributed by atoms with E-state index in [0.29, 0.717) is 0 Å². The Bertz CT molecular complexity index is 316. The van der Waals surface area contributed by atoms with Gasteiger partial charge >= 0.3 is 0 Å². The van der Waals surface area contributed by atoms with E-state index in [4.69, 9.17) is 23.7 Å². The van der Waals surface area contributed by atoms with Crippen LogP contribution >= 0.6 is 12.2 Å². The molecule has 0 spiro atoms. The van der Waals surface area contributed by atoms with Crippen molar-refractivity contribution in [3.8, 4) is 0 Å². The molecule has 0 aromatic rings. The van der Waals surface area contributed by atoms with Crippen molar-refractivity contribution in [3.05, 3.63) is 0 Å². The third-order valence-electron chi connectivity index (χ3n) is 2.53. The summed E-state index contributed by atoms with van der Waals surface area (Å²) in [6, 6.07) is -0.696. The van der Waals surface area contributed by atoms with Gasteiger partial charge in [0.2, 0.25) is 11.8 Å². The SMILES string of the molecule is CC(C)C(NC(=O)C(C(N)=S)C(C)C)C(N)=O. The molecule has 2 unspecified atom stereocenters. The molecular formula is C11H21N3O2S. The fourth-order valence-electron chi connectivity index (χ4n) is 1.57. The third-order valence-corrected chi connectivity index (χ3v) is 2.78. The lowest BCUT2D eigenvalue weighted by atomic mass is 9.93. The predicted molar refractivity (Wildman–Crippen MR) is 71.1 cm³/mol. The highest BCUT2D eigenvalue weighted by molar-refractivity contribution is 7.80. The molecule has 6 heteroatoms. The Hall–Kier alpha value is -1.17. The molecule has 0 rings (SSSR count). The largest absolute Gasteiger partial charge is 0.393 e. The summed E-state index contributed by atoms with van der Waals surface area (Å²) in [7, 11) is 0. The molecule has 0 aliphatic rings. The molecule has 0 fully saturated rings. The lowest BCUT2D eigenvalue weighted by Gasteiger charge is -2.24. The van der Waals surface area contributed by atoms with Gasteiger partial charge in [-0.15, -0.1) is 0 Å². The molecule has 17 heavy (non-hydrogen) atoms. The molecule has 2 atom stereocenters. The van der Waals surface area contributed by atoms with Crippen LogP contribution in [0.1, 0.15) is 27.7 Å². The minimum atomic E-state index is -0.696. The molecule has 0 aromatic heterocycles. The molecule has 0 heterocycles. The summed E-state index contributed by atoms with van der Waals surface area (Å²) in [6.07, 6.45) is 0. The van der Waals surface area contributed by atoms with E-state index in [1.54, 1.807) is 13.8 Å².